The highest BCUT2D eigenvalue weighted by Crippen LogP contribution is 2.39. The van der Waals surface area contributed by atoms with Gasteiger partial charge in [0.05, 0.1) is 16.5 Å². The van der Waals surface area contributed by atoms with Crippen molar-refractivity contribution in [1.29, 1.82) is 0 Å². The molecule has 38 heavy (non-hydrogen) atoms. The molecule has 0 saturated carbocycles. The first-order valence-corrected chi connectivity index (χ1v) is 13.5. The van der Waals surface area contributed by atoms with Crippen LogP contribution in [0.25, 0.3) is 6.08 Å². The van der Waals surface area contributed by atoms with Crippen molar-refractivity contribution in [1.82, 2.24) is 4.90 Å². The van der Waals surface area contributed by atoms with E-state index in [1.165, 1.54) is 7.11 Å². The van der Waals surface area contributed by atoms with E-state index in [1.807, 2.05) is 44.2 Å². The zero-order valence-electron chi connectivity index (χ0n) is 20.8. The van der Waals surface area contributed by atoms with Gasteiger partial charge in [-0.3, -0.25) is 19.3 Å². The Hall–Kier alpha value is -3.27. The fraction of sp³-hybridized carbons (Fsp3) is 0.179. The zero-order chi connectivity index (χ0) is 27.4. The van der Waals surface area contributed by atoms with E-state index >= 15 is 0 Å². The van der Waals surface area contributed by atoms with Crippen molar-refractivity contribution in [2.75, 3.05) is 19.0 Å². The minimum absolute atomic E-state index is 0.202. The molecule has 0 unspecified atom stereocenters. The van der Waals surface area contributed by atoms with Gasteiger partial charge >= 0.3 is 0 Å². The lowest BCUT2D eigenvalue weighted by Gasteiger charge is -2.14. The van der Waals surface area contributed by atoms with Crippen LogP contribution in [-0.4, -0.2) is 35.6 Å². The van der Waals surface area contributed by atoms with Gasteiger partial charge < -0.3 is 14.8 Å². The fourth-order valence-corrected chi connectivity index (χ4v) is 5.28. The van der Waals surface area contributed by atoms with Gasteiger partial charge in [0.15, 0.2) is 11.5 Å². The maximum absolute atomic E-state index is 13.0. The number of anilines is 1. The van der Waals surface area contributed by atoms with Gasteiger partial charge in [-0.15, -0.1) is 0 Å². The number of nitrogens with one attached hydrogen (secondary N) is 1. The summed E-state index contributed by atoms with van der Waals surface area (Å²) in [5.41, 5.74) is 4.17. The van der Waals surface area contributed by atoms with E-state index in [0.717, 1.165) is 33.4 Å². The number of hydrogen-bond donors (Lipinski definition) is 1. The summed E-state index contributed by atoms with van der Waals surface area (Å²) < 4.78 is 12.1. The summed E-state index contributed by atoms with van der Waals surface area (Å²) in [6.45, 7) is 3.77. The maximum atomic E-state index is 13.0. The van der Waals surface area contributed by atoms with Crippen molar-refractivity contribution in [2.24, 2.45) is 0 Å². The van der Waals surface area contributed by atoms with Crippen LogP contribution in [0.2, 0.25) is 5.02 Å². The molecule has 1 aliphatic rings. The number of imide groups is 1. The monoisotopic (exact) mass is 614 g/mol. The molecular weight excluding hydrogens is 592 g/mol. The number of thioether (sulfide) groups is 1. The van der Waals surface area contributed by atoms with Crippen LogP contribution < -0.4 is 14.8 Å². The van der Waals surface area contributed by atoms with Gasteiger partial charge in [0.25, 0.3) is 11.1 Å². The van der Waals surface area contributed by atoms with Gasteiger partial charge in [0.2, 0.25) is 5.91 Å². The number of carbonyl (C=O) groups is 3. The van der Waals surface area contributed by atoms with Crippen LogP contribution in [0.5, 0.6) is 11.5 Å². The Balaban J connectivity index is 1.47. The quantitative estimate of drug-likeness (QED) is 0.275. The van der Waals surface area contributed by atoms with E-state index < -0.39 is 17.1 Å². The number of benzene rings is 3. The van der Waals surface area contributed by atoms with E-state index in [2.05, 4.69) is 21.2 Å². The summed E-state index contributed by atoms with van der Waals surface area (Å²) in [7, 11) is 1.51. The molecule has 0 aromatic heterocycles. The predicted molar refractivity (Wildman–Crippen MR) is 154 cm³/mol. The Labute approximate surface area is 238 Å². The van der Waals surface area contributed by atoms with Crippen molar-refractivity contribution in [3.63, 3.8) is 0 Å². The average molecular weight is 616 g/mol. The van der Waals surface area contributed by atoms with E-state index in [1.54, 1.807) is 30.3 Å². The molecule has 7 nitrogen and oxygen atoms in total. The van der Waals surface area contributed by atoms with Crippen LogP contribution in [-0.2, 0) is 16.2 Å². The molecule has 1 aliphatic heterocycles. The Bertz CT molecular complexity index is 1460. The number of halogens is 2. The Kier molecular flexibility index (Phi) is 8.81. The first-order chi connectivity index (χ1) is 18.2. The molecule has 3 aromatic carbocycles. The average Bonchev–Trinajstić information content (AvgIpc) is 3.13. The van der Waals surface area contributed by atoms with E-state index in [4.69, 9.17) is 21.1 Å². The topological polar surface area (TPSA) is 84.9 Å². The molecule has 0 atom stereocenters. The Morgan fingerprint density at radius 2 is 1.87 bits per heavy atom. The SMILES string of the molecule is COc1cc(/C=C2\SC(=O)N(CC(=O)Nc3ccc(C)c(C)c3)C2=O)cc(Br)c1OCc1ccccc1Cl. The number of nitrogens with zero attached hydrogens (tertiary/aromatic N) is 1. The number of ether oxygens (including phenoxy) is 2. The van der Waals surface area contributed by atoms with Gasteiger partial charge in [-0.1, -0.05) is 35.9 Å². The second-order valence-electron chi connectivity index (χ2n) is 8.53. The normalized spacial score (nSPS) is 14.2. The first kappa shape index (κ1) is 27.8. The van der Waals surface area contributed by atoms with Crippen LogP contribution >= 0.6 is 39.3 Å². The molecule has 0 radical (unpaired) electrons. The van der Waals surface area contributed by atoms with Crippen LogP contribution in [0.3, 0.4) is 0 Å². The Morgan fingerprint density at radius 1 is 1.11 bits per heavy atom. The summed E-state index contributed by atoms with van der Waals surface area (Å²) in [5, 5.41) is 2.82. The lowest BCUT2D eigenvalue weighted by atomic mass is 10.1. The first-order valence-electron chi connectivity index (χ1n) is 11.5. The van der Waals surface area contributed by atoms with Gasteiger partial charge in [-0.2, -0.15) is 0 Å². The molecule has 3 amide bonds. The summed E-state index contributed by atoms with van der Waals surface area (Å²) in [5.74, 6) is -0.0871. The highest BCUT2D eigenvalue weighted by molar-refractivity contribution is 9.10. The second kappa shape index (κ2) is 12.1. The third-order valence-corrected chi connectivity index (χ3v) is 7.71. The molecular formula is C28H24BrClN2O5S. The number of rotatable bonds is 8. The van der Waals surface area contributed by atoms with Crippen LogP contribution in [0, 0.1) is 13.8 Å². The number of amides is 3. The molecule has 196 valence electrons. The smallest absolute Gasteiger partial charge is 0.294 e. The molecule has 1 fully saturated rings. The molecule has 1 saturated heterocycles. The van der Waals surface area contributed by atoms with Crippen LogP contribution in [0.1, 0.15) is 22.3 Å². The molecule has 4 rings (SSSR count). The van der Waals surface area contributed by atoms with Gasteiger partial charge in [0, 0.05) is 16.3 Å². The number of carbonyl (C=O) groups excluding carboxylic acids is 3. The third kappa shape index (κ3) is 6.40. The minimum Gasteiger partial charge on any atom is -0.493 e. The van der Waals surface area contributed by atoms with Crippen molar-refractivity contribution in [2.45, 2.75) is 20.5 Å². The third-order valence-electron chi connectivity index (χ3n) is 5.85. The van der Waals surface area contributed by atoms with E-state index in [0.29, 0.717) is 32.2 Å². The molecule has 0 spiro atoms. The van der Waals surface area contributed by atoms with Crippen LogP contribution in [0.15, 0.2) is 64.0 Å². The zero-order valence-corrected chi connectivity index (χ0v) is 24.0. The van der Waals surface area contributed by atoms with Gasteiger partial charge in [0.1, 0.15) is 13.2 Å². The second-order valence-corrected chi connectivity index (χ2v) is 10.8. The van der Waals surface area contributed by atoms with Crippen molar-refractivity contribution in [3.8, 4) is 11.5 Å². The highest BCUT2D eigenvalue weighted by atomic mass is 79.9. The molecule has 1 N–H and O–H groups in total. The lowest BCUT2D eigenvalue weighted by molar-refractivity contribution is -0.127. The standard InChI is InChI=1S/C28H24BrClN2O5S/c1-16-8-9-20(10-17(16)2)31-25(33)14-32-27(34)24(38-28(32)35)13-18-11-21(29)26(23(12-18)36-3)37-15-19-6-4-5-7-22(19)30/h4-13H,14-15H2,1-3H3,(H,31,33)/b24-13-. The van der Waals surface area contributed by atoms with Gasteiger partial charge in [-0.25, -0.2) is 0 Å². The summed E-state index contributed by atoms with van der Waals surface area (Å²) in [4.78, 5) is 39.2. The molecule has 10 heteroatoms. The minimum atomic E-state index is -0.538. The summed E-state index contributed by atoms with van der Waals surface area (Å²) in [6, 6.07) is 16.3. The van der Waals surface area contributed by atoms with E-state index in [-0.39, 0.29) is 18.1 Å². The number of hydrogen-bond acceptors (Lipinski definition) is 6. The molecule has 0 bridgehead atoms. The Morgan fingerprint density at radius 3 is 2.58 bits per heavy atom. The molecule has 0 aliphatic carbocycles. The maximum Gasteiger partial charge on any atom is 0.294 e. The van der Waals surface area contributed by atoms with Gasteiger partial charge in [-0.05, 0) is 94.6 Å². The summed E-state index contributed by atoms with van der Waals surface area (Å²) in [6.07, 6.45) is 1.58. The van der Waals surface area contributed by atoms with Crippen molar-refractivity contribution >= 4 is 68.1 Å². The molecule has 3 aromatic rings. The largest absolute Gasteiger partial charge is 0.493 e. The summed E-state index contributed by atoms with van der Waals surface area (Å²) >= 11 is 10.5. The van der Waals surface area contributed by atoms with Crippen molar-refractivity contribution < 1.29 is 23.9 Å². The van der Waals surface area contributed by atoms with Crippen molar-refractivity contribution in [3.05, 3.63) is 91.3 Å². The lowest BCUT2D eigenvalue weighted by Crippen LogP contribution is -2.36. The number of aryl methyl sites for hydroxylation is 2. The fourth-order valence-electron chi connectivity index (χ4n) is 3.68. The molecule has 1 heterocycles. The van der Waals surface area contributed by atoms with E-state index in [9.17, 15) is 14.4 Å². The highest BCUT2D eigenvalue weighted by Gasteiger charge is 2.36. The predicted octanol–water partition coefficient (Wildman–Crippen LogP) is 6.98. The number of methoxy groups -OCH3 is 1. The van der Waals surface area contributed by atoms with Crippen LogP contribution in [0.4, 0.5) is 10.5 Å².